The van der Waals surface area contributed by atoms with Crippen LogP contribution in [0, 0.1) is 12.3 Å². The first-order valence-electron chi connectivity index (χ1n) is 12.7. The van der Waals surface area contributed by atoms with E-state index in [0.29, 0.717) is 11.7 Å². The summed E-state index contributed by atoms with van der Waals surface area (Å²) in [6, 6.07) is 30.9. The monoisotopic (exact) mass is 525 g/mol. The quantitative estimate of drug-likeness (QED) is 0.262. The second-order valence-corrected chi connectivity index (χ2v) is 10.6. The van der Waals surface area contributed by atoms with E-state index in [1.165, 1.54) is 33.1 Å². The highest BCUT2D eigenvalue weighted by Gasteiger charge is 2.36. The van der Waals surface area contributed by atoms with E-state index in [1.54, 1.807) is 6.08 Å². The van der Waals surface area contributed by atoms with Gasteiger partial charge in [0.1, 0.15) is 5.04 Å². The van der Waals surface area contributed by atoms with Gasteiger partial charge in [0.05, 0.1) is 5.57 Å². The van der Waals surface area contributed by atoms with Gasteiger partial charge in [-0.2, -0.15) is 15.1 Å². The Balaban J connectivity index is 1.27. The van der Waals surface area contributed by atoms with Gasteiger partial charge in [0.2, 0.25) is 5.17 Å². The van der Waals surface area contributed by atoms with Crippen molar-refractivity contribution in [2.24, 2.45) is 10.1 Å². The number of nitrogens with one attached hydrogen (secondary N) is 1. The first-order valence-corrected chi connectivity index (χ1v) is 13.5. The molecule has 1 N–H and O–H groups in total. The van der Waals surface area contributed by atoms with E-state index in [2.05, 4.69) is 69.4 Å². The molecule has 2 aliphatic heterocycles. The molecule has 188 valence electrons. The Labute approximate surface area is 229 Å². The number of amides is 1. The lowest BCUT2D eigenvalue weighted by Crippen LogP contribution is -2.35. The van der Waals surface area contributed by atoms with Crippen molar-refractivity contribution in [1.29, 1.82) is 5.41 Å². The number of thioether (sulfide) groups is 1. The van der Waals surface area contributed by atoms with Crippen molar-refractivity contribution in [1.82, 2.24) is 9.58 Å². The number of nitrogens with zero attached hydrogens (tertiary/aromatic N) is 4. The van der Waals surface area contributed by atoms with E-state index in [0.717, 1.165) is 32.6 Å². The zero-order chi connectivity index (χ0) is 26.5. The average molecular weight is 526 g/mol. The van der Waals surface area contributed by atoms with Crippen LogP contribution in [0.3, 0.4) is 0 Å². The zero-order valence-corrected chi connectivity index (χ0v) is 21.9. The number of amidine groups is 2. The largest absolute Gasteiger partial charge is 0.342 e. The Morgan fingerprint density at radius 1 is 0.897 bits per heavy atom. The van der Waals surface area contributed by atoms with Crippen LogP contribution in [0.5, 0.6) is 0 Å². The smallest absolute Gasteiger partial charge is 0.283 e. The number of hydrazone groups is 1. The van der Waals surface area contributed by atoms with Crippen molar-refractivity contribution in [3.05, 3.63) is 125 Å². The number of benzene rings is 4. The van der Waals surface area contributed by atoms with Gasteiger partial charge in [-0.05, 0) is 47.2 Å². The van der Waals surface area contributed by atoms with Crippen LogP contribution in [0.15, 0.2) is 113 Å². The highest BCUT2D eigenvalue weighted by Crippen LogP contribution is 2.32. The molecule has 0 saturated carbocycles. The Morgan fingerprint density at radius 2 is 1.64 bits per heavy atom. The maximum Gasteiger partial charge on any atom is 0.283 e. The summed E-state index contributed by atoms with van der Waals surface area (Å²) in [6.07, 6.45) is 3.83. The van der Waals surface area contributed by atoms with Crippen LogP contribution in [-0.4, -0.2) is 31.5 Å². The van der Waals surface area contributed by atoms with E-state index >= 15 is 0 Å². The predicted octanol–water partition coefficient (Wildman–Crippen LogP) is 6.82. The molecule has 7 heteroatoms. The summed E-state index contributed by atoms with van der Waals surface area (Å²) in [6.45, 7) is 2.72. The third kappa shape index (κ3) is 4.08. The van der Waals surface area contributed by atoms with Gasteiger partial charge in [0.25, 0.3) is 5.91 Å². The number of rotatable bonds is 4. The van der Waals surface area contributed by atoms with Crippen LogP contribution in [0.4, 0.5) is 0 Å². The molecular weight excluding hydrogens is 502 g/mol. The number of aliphatic imine (C=N–C) groups is 1. The summed E-state index contributed by atoms with van der Waals surface area (Å²) >= 11 is 1.31. The molecule has 0 spiro atoms. The number of hydrogen-bond donors (Lipinski definition) is 1. The molecule has 5 aromatic rings. The fourth-order valence-corrected chi connectivity index (χ4v) is 5.99. The topological polar surface area (TPSA) is 73.8 Å². The molecule has 0 radical (unpaired) electrons. The maximum atomic E-state index is 13.1. The Morgan fingerprint density at radius 3 is 2.49 bits per heavy atom. The highest BCUT2D eigenvalue weighted by atomic mass is 32.2. The van der Waals surface area contributed by atoms with Crippen LogP contribution in [0.1, 0.15) is 22.3 Å². The minimum atomic E-state index is -0.426. The lowest BCUT2D eigenvalue weighted by Gasteiger charge is -2.20. The van der Waals surface area contributed by atoms with Crippen molar-refractivity contribution in [3.8, 4) is 0 Å². The number of aromatic nitrogens is 1. The molecule has 7 rings (SSSR count). The highest BCUT2D eigenvalue weighted by molar-refractivity contribution is 8.27. The van der Waals surface area contributed by atoms with Crippen LogP contribution in [0.2, 0.25) is 0 Å². The summed E-state index contributed by atoms with van der Waals surface area (Å²) in [4.78, 5) is 17.4. The van der Waals surface area contributed by atoms with Crippen LogP contribution in [0.25, 0.3) is 27.8 Å². The van der Waals surface area contributed by atoms with Gasteiger partial charge >= 0.3 is 0 Å². The second kappa shape index (κ2) is 9.22. The first kappa shape index (κ1) is 23.4. The number of carbonyl (C=O) groups excluding carboxylic acids is 1. The molecule has 1 aromatic heterocycles. The van der Waals surface area contributed by atoms with Crippen LogP contribution in [-0.2, 0) is 11.3 Å². The molecule has 0 fully saturated rings. The third-order valence-corrected chi connectivity index (χ3v) is 8.05. The first-order chi connectivity index (χ1) is 19.0. The molecule has 0 saturated heterocycles. The van der Waals surface area contributed by atoms with Crippen molar-refractivity contribution in [2.75, 3.05) is 0 Å². The Bertz CT molecular complexity index is 1910. The molecule has 39 heavy (non-hydrogen) atoms. The van der Waals surface area contributed by atoms with Gasteiger partial charge < -0.3 is 4.57 Å². The summed E-state index contributed by atoms with van der Waals surface area (Å²) < 4.78 is 2.20. The van der Waals surface area contributed by atoms with E-state index in [9.17, 15) is 4.79 Å². The van der Waals surface area contributed by atoms with Crippen molar-refractivity contribution < 1.29 is 4.79 Å². The minimum Gasteiger partial charge on any atom is -0.342 e. The van der Waals surface area contributed by atoms with E-state index in [-0.39, 0.29) is 11.4 Å². The second-order valence-electron chi connectivity index (χ2n) is 9.66. The summed E-state index contributed by atoms with van der Waals surface area (Å²) in [5, 5.41) is 19.5. The fraction of sp³-hybridized carbons (Fsp3) is 0.0625. The molecule has 0 bridgehead atoms. The lowest BCUT2D eigenvalue weighted by molar-refractivity contribution is -0.114. The number of hydrogen-bond acceptors (Lipinski definition) is 4. The standard InChI is InChI=1S/C32H23N5OS/c1-20-13-15-22(16-14-20)31-35-37-29(33)27(30(38)34-32(37)39-31)17-24-19-36(28-12-5-4-11-26(24)28)18-23-9-6-8-21-7-2-3-10-25(21)23/h2-17,19,33H,18H2,1H3/b27-17-,33-29?. The Kier molecular flexibility index (Phi) is 5.52. The van der Waals surface area contributed by atoms with E-state index in [4.69, 9.17) is 5.41 Å². The van der Waals surface area contributed by atoms with E-state index < -0.39 is 5.91 Å². The number of para-hydroxylation sites is 1. The fourth-order valence-electron chi connectivity index (χ4n) is 5.10. The molecule has 2 aliphatic rings. The lowest BCUT2D eigenvalue weighted by atomic mass is 10.0. The van der Waals surface area contributed by atoms with Crippen molar-refractivity contribution in [3.63, 3.8) is 0 Å². The van der Waals surface area contributed by atoms with Crippen LogP contribution < -0.4 is 0 Å². The third-order valence-electron chi connectivity index (χ3n) is 7.09. The predicted molar refractivity (Wildman–Crippen MR) is 160 cm³/mol. The SMILES string of the molecule is Cc1ccc(C2=NN3C(=N)/C(=C/c4cn(Cc5cccc6ccccc56)c5ccccc45)C(=O)N=C3S2)cc1. The number of fused-ring (bicyclic) bond motifs is 3. The van der Waals surface area contributed by atoms with Gasteiger partial charge in [-0.25, -0.2) is 0 Å². The minimum absolute atomic E-state index is 0.0329. The van der Waals surface area contributed by atoms with Crippen molar-refractivity contribution in [2.45, 2.75) is 13.5 Å². The zero-order valence-electron chi connectivity index (χ0n) is 21.1. The normalized spacial score (nSPS) is 16.2. The van der Waals surface area contributed by atoms with Crippen LogP contribution >= 0.6 is 11.8 Å². The average Bonchev–Trinajstić information content (AvgIpc) is 3.53. The van der Waals surface area contributed by atoms with Gasteiger partial charge in [-0.15, -0.1) is 0 Å². The summed E-state index contributed by atoms with van der Waals surface area (Å²) in [5.41, 5.74) is 5.46. The number of carbonyl (C=O) groups is 1. The van der Waals surface area contributed by atoms with E-state index in [1.807, 2.05) is 49.4 Å². The van der Waals surface area contributed by atoms with Gasteiger partial charge in [-0.1, -0.05) is 90.5 Å². The Hall–Kier alpha value is -4.75. The number of aryl methyl sites for hydroxylation is 1. The maximum absolute atomic E-state index is 13.1. The molecule has 4 aromatic carbocycles. The summed E-state index contributed by atoms with van der Waals surface area (Å²) in [7, 11) is 0. The molecule has 0 atom stereocenters. The molecule has 0 aliphatic carbocycles. The molecule has 3 heterocycles. The molecule has 0 unspecified atom stereocenters. The van der Waals surface area contributed by atoms with Gasteiger partial charge in [-0.3, -0.25) is 10.2 Å². The van der Waals surface area contributed by atoms with Crippen molar-refractivity contribution >= 4 is 61.5 Å². The van der Waals surface area contributed by atoms with Gasteiger partial charge in [0.15, 0.2) is 5.84 Å². The van der Waals surface area contributed by atoms with Gasteiger partial charge in [0, 0.05) is 34.8 Å². The summed E-state index contributed by atoms with van der Waals surface area (Å²) in [5.74, 6) is -0.393. The molecule has 1 amide bonds. The molecule has 6 nitrogen and oxygen atoms in total. The molecular formula is C32H23N5OS.